The minimum absolute atomic E-state index is 0.125. The van der Waals surface area contributed by atoms with Gasteiger partial charge in [0.25, 0.3) is 0 Å². The van der Waals surface area contributed by atoms with E-state index in [4.69, 9.17) is 36.5 Å². The molecule has 1 amide bonds. The van der Waals surface area contributed by atoms with Crippen LogP contribution in [-0.2, 0) is 9.47 Å². The maximum Gasteiger partial charge on any atom is 0.407 e. The number of esters is 1. The SMILES string of the molecule is C#CCCCCOc1cc(C(=O)OCCC)cc(OCCCCC#C)c1OCCNC(=O)OC(C)(C)C. The summed E-state index contributed by atoms with van der Waals surface area (Å²) in [5, 5.41) is 2.65. The van der Waals surface area contributed by atoms with Crippen LogP contribution in [0, 0.1) is 24.7 Å². The molecule has 1 aromatic carbocycles. The first-order chi connectivity index (χ1) is 17.7. The summed E-state index contributed by atoms with van der Waals surface area (Å²) in [6.45, 7) is 8.66. The summed E-state index contributed by atoms with van der Waals surface area (Å²) in [5.41, 5.74) is -0.307. The van der Waals surface area contributed by atoms with Crippen LogP contribution < -0.4 is 19.5 Å². The summed E-state index contributed by atoms with van der Waals surface area (Å²) >= 11 is 0. The van der Waals surface area contributed by atoms with Crippen molar-refractivity contribution in [3.05, 3.63) is 17.7 Å². The summed E-state index contributed by atoms with van der Waals surface area (Å²) in [5.74, 6) is 5.78. The molecule has 0 radical (unpaired) electrons. The number of benzene rings is 1. The first-order valence-electron chi connectivity index (χ1n) is 12.8. The van der Waals surface area contributed by atoms with Gasteiger partial charge in [-0.15, -0.1) is 24.7 Å². The van der Waals surface area contributed by atoms with E-state index < -0.39 is 17.7 Å². The van der Waals surface area contributed by atoms with Gasteiger partial charge >= 0.3 is 12.1 Å². The van der Waals surface area contributed by atoms with Crippen LogP contribution in [0.2, 0.25) is 0 Å². The van der Waals surface area contributed by atoms with Gasteiger partial charge in [0.05, 0.1) is 31.9 Å². The molecule has 0 aliphatic rings. The Labute approximate surface area is 221 Å². The van der Waals surface area contributed by atoms with Gasteiger partial charge in [-0.25, -0.2) is 9.59 Å². The number of unbranched alkanes of at least 4 members (excludes halogenated alkanes) is 4. The molecule has 8 nitrogen and oxygen atoms in total. The molecule has 0 heterocycles. The number of rotatable bonds is 17. The second-order valence-electron chi connectivity index (χ2n) is 9.23. The van der Waals surface area contributed by atoms with Crippen molar-refractivity contribution in [2.75, 3.05) is 33.0 Å². The lowest BCUT2D eigenvalue weighted by atomic mass is 10.1. The number of hydrogen-bond acceptors (Lipinski definition) is 7. The van der Waals surface area contributed by atoms with Crippen molar-refractivity contribution >= 4 is 12.1 Å². The van der Waals surface area contributed by atoms with Gasteiger partial charge in [0.1, 0.15) is 12.2 Å². The van der Waals surface area contributed by atoms with Crippen molar-refractivity contribution < 1.29 is 33.3 Å². The molecule has 0 aliphatic heterocycles. The number of amides is 1. The van der Waals surface area contributed by atoms with E-state index in [-0.39, 0.29) is 13.2 Å². The van der Waals surface area contributed by atoms with Crippen LogP contribution in [-0.4, -0.2) is 50.6 Å². The van der Waals surface area contributed by atoms with E-state index in [9.17, 15) is 9.59 Å². The van der Waals surface area contributed by atoms with Gasteiger partial charge in [0, 0.05) is 12.8 Å². The van der Waals surface area contributed by atoms with Gasteiger partial charge in [-0.1, -0.05) is 6.92 Å². The predicted molar refractivity (Wildman–Crippen MR) is 143 cm³/mol. The molecular weight excluding hydrogens is 474 g/mol. The van der Waals surface area contributed by atoms with Crippen molar-refractivity contribution in [2.45, 2.75) is 78.2 Å². The number of ether oxygens (including phenoxy) is 5. The van der Waals surface area contributed by atoms with Crippen LogP contribution in [0.1, 0.15) is 83.0 Å². The van der Waals surface area contributed by atoms with E-state index in [1.807, 2.05) is 6.92 Å². The molecule has 0 spiro atoms. The summed E-state index contributed by atoms with van der Waals surface area (Å²) in [7, 11) is 0. The zero-order valence-corrected chi connectivity index (χ0v) is 22.7. The topological polar surface area (TPSA) is 92.3 Å². The number of terminal acetylenes is 2. The van der Waals surface area contributed by atoms with Crippen LogP contribution in [0.15, 0.2) is 12.1 Å². The molecule has 0 saturated carbocycles. The maximum atomic E-state index is 12.6. The molecule has 0 saturated heterocycles. The quantitative estimate of drug-likeness (QED) is 0.166. The van der Waals surface area contributed by atoms with E-state index >= 15 is 0 Å². The highest BCUT2D eigenvalue weighted by Crippen LogP contribution is 2.39. The normalized spacial score (nSPS) is 10.5. The van der Waals surface area contributed by atoms with Crippen molar-refractivity contribution in [2.24, 2.45) is 0 Å². The number of carbonyl (C=O) groups is 2. The lowest BCUT2D eigenvalue weighted by molar-refractivity contribution is 0.0497. The van der Waals surface area contributed by atoms with Crippen molar-refractivity contribution in [1.82, 2.24) is 5.32 Å². The van der Waals surface area contributed by atoms with Gasteiger partial charge in [-0.3, -0.25) is 0 Å². The molecule has 8 heteroatoms. The average molecular weight is 516 g/mol. The van der Waals surface area contributed by atoms with Gasteiger partial charge in [0.15, 0.2) is 11.5 Å². The highest BCUT2D eigenvalue weighted by molar-refractivity contribution is 5.91. The predicted octanol–water partition coefficient (Wildman–Crippen LogP) is 5.52. The zero-order chi connectivity index (χ0) is 27.5. The fourth-order valence-electron chi connectivity index (χ4n) is 2.97. The molecule has 0 aliphatic carbocycles. The van der Waals surface area contributed by atoms with Crippen LogP contribution in [0.5, 0.6) is 17.2 Å². The Morgan fingerprint density at radius 1 is 0.865 bits per heavy atom. The largest absolute Gasteiger partial charge is 0.490 e. The Morgan fingerprint density at radius 2 is 1.43 bits per heavy atom. The van der Waals surface area contributed by atoms with E-state index in [2.05, 4.69) is 17.2 Å². The zero-order valence-electron chi connectivity index (χ0n) is 22.7. The van der Waals surface area contributed by atoms with Crippen molar-refractivity contribution in [3.8, 4) is 41.9 Å². The smallest absolute Gasteiger partial charge is 0.407 e. The van der Waals surface area contributed by atoms with E-state index in [1.54, 1.807) is 32.9 Å². The summed E-state index contributed by atoms with van der Waals surface area (Å²) in [6.07, 6.45) is 15.2. The van der Waals surface area contributed by atoms with Crippen LogP contribution >= 0.6 is 0 Å². The lowest BCUT2D eigenvalue weighted by Gasteiger charge is -2.20. The highest BCUT2D eigenvalue weighted by Gasteiger charge is 2.20. The van der Waals surface area contributed by atoms with Crippen LogP contribution in [0.4, 0.5) is 4.79 Å². The van der Waals surface area contributed by atoms with Crippen LogP contribution in [0.25, 0.3) is 0 Å². The number of alkyl carbamates (subject to hydrolysis) is 1. The average Bonchev–Trinajstić information content (AvgIpc) is 2.84. The molecule has 37 heavy (non-hydrogen) atoms. The highest BCUT2D eigenvalue weighted by atomic mass is 16.6. The minimum atomic E-state index is -0.603. The number of nitrogens with one attached hydrogen (secondary N) is 1. The molecule has 0 unspecified atom stereocenters. The third-order valence-electron chi connectivity index (χ3n) is 4.66. The molecule has 0 fully saturated rings. The Kier molecular flexibility index (Phi) is 15.2. The standard InChI is InChI=1S/C29H41NO7/c1-7-10-12-14-18-33-24-21-23(27(31)36-17-9-3)22-25(34-19-15-13-11-8-2)26(24)35-20-16-30-28(32)37-29(4,5)6/h1-2,21-22H,9-20H2,3-6H3,(H,30,32). The Hall–Kier alpha value is -3.52. The van der Waals surface area contributed by atoms with E-state index in [0.29, 0.717) is 61.9 Å². The van der Waals surface area contributed by atoms with Gasteiger partial charge in [-0.05, 0) is 65.0 Å². The Morgan fingerprint density at radius 3 is 1.92 bits per heavy atom. The molecule has 204 valence electrons. The molecule has 0 aromatic heterocycles. The summed E-state index contributed by atoms with van der Waals surface area (Å²) in [6, 6.07) is 3.17. The molecular formula is C29H41NO7. The fourth-order valence-corrected chi connectivity index (χ4v) is 2.97. The summed E-state index contributed by atoms with van der Waals surface area (Å²) in [4.78, 5) is 24.6. The third-order valence-corrected chi connectivity index (χ3v) is 4.66. The first kappa shape index (κ1) is 31.5. The Bertz CT molecular complexity index is 877. The minimum Gasteiger partial charge on any atom is -0.490 e. The van der Waals surface area contributed by atoms with Crippen LogP contribution in [0.3, 0.4) is 0 Å². The fraction of sp³-hybridized carbons (Fsp3) is 0.586. The number of hydrogen-bond donors (Lipinski definition) is 1. The van der Waals surface area contributed by atoms with Crippen molar-refractivity contribution in [1.29, 1.82) is 0 Å². The lowest BCUT2D eigenvalue weighted by Crippen LogP contribution is -2.34. The molecule has 1 N–H and O–H groups in total. The molecule has 1 aromatic rings. The molecule has 0 atom stereocenters. The number of carbonyl (C=O) groups excluding carboxylic acids is 2. The van der Waals surface area contributed by atoms with E-state index in [0.717, 1.165) is 25.7 Å². The van der Waals surface area contributed by atoms with Gasteiger partial charge < -0.3 is 29.0 Å². The monoisotopic (exact) mass is 515 g/mol. The second-order valence-corrected chi connectivity index (χ2v) is 9.23. The Balaban J connectivity index is 3.08. The first-order valence-corrected chi connectivity index (χ1v) is 12.8. The second kappa shape index (κ2) is 17.8. The van der Waals surface area contributed by atoms with Crippen molar-refractivity contribution in [3.63, 3.8) is 0 Å². The van der Waals surface area contributed by atoms with Gasteiger partial charge in [0.2, 0.25) is 5.75 Å². The third kappa shape index (κ3) is 14.0. The van der Waals surface area contributed by atoms with E-state index in [1.165, 1.54) is 0 Å². The molecule has 0 bridgehead atoms. The molecule has 1 rings (SSSR count). The summed E-state index contributed by atoms with van der Waals surface area (Å²) < 4.78 is 28.5. The van der Waals surface area contributed by atoms with Gasteiger partial charge in [-0.2, -0.15) is 0 Å². The maximum absolute atomic E-state index is 12.6.